The Labute approximate surface area is 44.4 Å². The highest BCUT2D eigenvalue weighted by atomic mass is 16.3. The fourth-order valence-electron chi connectivity index (χ4n) is 0.502. The zero-order valence-electron chi connectivity index (χ0n) is 4.96. The molecule has 38 valence electrons. The van der Waals surface area contributed by atoms with Gasteiger partial charge in [0.2, 0.25) is 0 Å². The minimum absolute atomic E-state index is 0.174. The summed E-state index contributed by atoms with van der Waals surface area (Å²) in [6.07, 6.45) is 5.42. The van der Waals surface area contributed by atoms with E-state index in [1.54, 1.807) is 12.2 Å². The van der Waals surface area contributed by atoms with Crippen LogP contribution in [0.15, 0.2) is 24.0 Å². The van der Waals surface area contributed by atoms with E-state index in [-0.39, 0.29) is 5.76 Å². The first-order chi connectivity index (χ1) is 3.80. The van der Waals surface area contributed by atoms with E-state index >= 15 is 0 Å². The maximum Gasteiger partial charge on any atom is 0.0925 e. The fraction of sp³-hybridized carbons (Fsp3) is 0.333. The van der Waals surface area contributed by atoms with Crippen LogP contribution >= 0.6 is 0 Å². The molecule has 1 unspecified atom stereocenters. The number of aliphatic hydroxyl groups excluding tert-OH is 1. The van der Waals surface area contributed by atoms with Gasteiger partial charge >= 0.3 is 0 Å². The Morgan fingerprint density at radius 3 is 3.14 bits per heavy atom. The van der Waals surface area contributed by atoms with Crippen LogP contribution in [0, 0.1) is 0 Å². The average molecular weight is 97.1 g/mol. The summed E-state index contributed by atoms with van der Waals surface area (Å²) in [5.74, 6) is 0.174. The van der Waals surface area contributed by atoms with Gasteiger partial charge in [0.05, 0.1) is 5.76 Å². The largest absolute Gasteiger partial charge is 0.512 e. The second-order valence-corrected chi connectivity index (χ2v) is 1.46. The van der Waals surface area contributed by atoms with Crippen molar-refractivity contribution in [3.8, 4) is 0 Å². The van der Waals surface area contributed by atoms with Crippen molar-refractivity contribution in [1.29, 1.82) is 0 Å². The third kappa shape index (κ3) is 1.07. The first-order valence-electron chi connectivity index (χ1n) is 2.86. The Kier molecular flexibility index (Phi) is 0.861. The maximum absolute atomic E-state index is 8.80. The van der Waals surface area contributed by atoms with Gasteiger partial charge in [-0.05, 0) is 12.5 Å². The summed E-state index contributed by atoms with van der Waals surface area (Å²) < 4.78 is 7.11. The van der Waals surface area contributed by atoms with Crippen molar-refractivity contribution in [1.82, 2.24) is 0 Å². The molecule has 0 aromatic heterocycles. The lowest BCUT2D eigenvalue weighted by Crippen LogP contribution is -1.82. The van der Waals surface area contributed by atoms with Crippen LogP contribution in [0.5, 0.6) is 0 Å². The van der Waals surface area contributed by atoms with E-state index in [0.717, 1.165) is 0 Å². The highest BCUT2D eigenvalue weighted by Gasteiger charge is 1.91. The zero-order chi connectivity index (χ0) is 5.98. The van der Waals surface area contributed by atoms with Crippen molar-refractivity contribution in [2.24, 2.45) is 0 Å². The van der Waals surface area contributed by atoms with Gasteiger partial charge in [-0.15, -0.1) is 0 Å². The molecule has 7 heavy (non-hydrogen) atoms. The lowest BCUT2D eigenvalue weighted by atomic mass is 10.2. The molecule has 1 nitrogen and oxygen atoms in total. The number of hydrogen-bond donors (Lipinski definition) is 1. The van der Waals surface area contributed by atoms with Crippen LogP contribution in [0.2, 0.25) is 0 Å². The van der Waals surface area contributed by atoms with Gasteiger partial charge < -0.3 is 5.11 Å². The van der Waals surface area contributed by atoms with Gasteiger partial charge in [0.1, 0.15) is 0 Å². The zero-order valence-corrected chi connectivity index (χ0v) is 3.96. The smallest absolute Gasteiger partial charge is 0.0925 e. The molecule has 0 radical (unpaired) electrons. The molecule has 1 rings (SSSR count). The summed E-state index contributed by atoms with van der Waals surface area (Å²) >= 11 is 0. The van der Waals surface area contributed by atoms with Crippen LogP contribution in [0.3, 0.4) is 0 Å². The van der Waals surface area contributed by atoms with E-state index < -0.39 is 6.40 Å². The molecular weight excluding hydrogens is 88.1 g/mol. The van der Waals surface area contributed by atoms with Gasteiger partial charge in [-0.25, -0.2) is 0 Å². The Bertz CT molecular complexity index is 137. The van der Waals surface area contributed by atoms with Crippen molar-refractivity contribution < 1.29 is 6.48 Å². The molecule has 0 aromatic rings. The molecule has 0 bridgehead atoms. The molecule has 1 aliphatic carbocycles. The van der Waals surface area contributed by atoms with E-state index in [9.17, 15) is 0 Å². The van der Waals surface area contributed by atoms with Gasteiger partial charge in [-0.1, -0.05) is 12.2 Å². The van der Waals surface area contributed by atoms with E-state index in [1.807, 2.05) is 6.08 Å². The van der Waals surface area contributed by atoms with Crippen molar-refractivity contribution in [2.45, 2.75) is 12.8 Å². The quantitative estimate of drug-likeness (QED) is 0.488. The minimum atomic E-state index is -0.417. The van der Waals surface area contributed by atoms with Gasteiger partial charge in [0.15, 0.2) is 0 Å². The van der Waals surface area contributed by atoms with Crippen molar-refractivity contribution >= 4 is 0 Å². The summed E-state index contributed by atoms with van der Waals surface area (Å²) in [6, 6.07) is 0. The summed E-state index contributed by atoms with van der Waals surface area (Å²) in [5.41, 5.74) is 0. The normalized spacial score (nSPS) is 31.7. The first-order valence-corrected chi connectivity index (χ1v) is 2.28. The first kappa shape index (κ1) is 3.30. The summed E-state index contributed by atoms with van der Waals surface area (Å²) in [6.45, 7) is 0. The Morgan fingerprint density at radius 1 is 1.86 bits per heavy atom. The van der Waals surface area contributed by atoms with Gasteiger partial charge in [-0.2, -0.15) is 0 Å². The standard InChI is InChI=1S/C6H8O/c7-6-4-2-1-3-5-6/h1-2,4,7H,3,5H2/i5D. The predicted molar refractivity (Wildman–Crippen MR) is 29.1 cm³/mol. The summed E-state index contributed by atoms with van der Waals surface area (Å²) in [4.78, 5) is 0. The molecule has 1 heteroatoms. The third-order valence-electron chi connectivity index (χ3n) is 0.866. The molecule has 0 saturated heterocycles. The molecule has 0 aliphatic heterocycles. The second-order valence-electron chi connectivity index (χ2n) is 1.46. The average Bonchev–Trinajstić information content (AvgIpc) is 1.77. The fourth-order valence-corrected chi connectivity index (χ4v) is 0.502. The van der Waals surface area contributed by atoms with Crippen LogP contribution in [0.4, 0.5) is 0 Å². The summed E-state index contributed by atoms with van der Waals surface area (Å²) in [5, 5.41) is 8.80. The topological polar surface area (TPSA) is 20.2 Å². The number of allylic oxidation sites excluding steroid dienone is 4. The van der Waals surface area contributed by atoms with Crippen LogP contribution in [-0.4, -0.2) is 5.11 Å². The van der Waals surface area contributed by atoms with E-state index in [0.29, 0.717) is 6.42 Å². The number of hydrogen-bond acceptors (Lipinski definition) is 1. The second kappa shape index (κ2) is 1.82. The van der Waals surface area contributed by atoms with E-state index in [1.165, 1.54) is 0 Å². The molecular formula is C6H8O. The Morgan fingerprint density at radius 2 is 2.71 bits per heavy atom. The SMILES string of the molecule is [2H]C1CC=CC=C1O. The molecule has 0 aromatic carbocycles. The highest BCUT2D eigenvalue weighted by Crippen LogP contribution is 2.06. The van der Waals surface area contributed by atoms with Crippen LogP contribution in [-0.2, 0) is 0 Å². The van der Waals surface area contributed by atoms with Crippen molar-refractivity contribution in [3.63, 3.8) is 0 Å². The molecule has 1 aliphatic rings. The predicted octanol–water partition coefficient (Wildman–Crippen LogP) is 1.78. The van der Waals surface area contributed by atoms with Crippen molar-refractivity contribution in [2.75, 3.05) is 0 Å². The monoisotopic (exact) mass is 97.1 g/mol. The minimum Gasteiger partial charge on any atom is -0.512 e. The summed E-state index contributed by atoms with van der Waals surface area (Å²) in [7, 11) is 0. The van der Waals surface area contributed by atoms with Crippen molar-refractivity contribution in [3.05, 3.63) is 24.0 Å². The van der Waals surface area contributed by atoms with Gasteiger partial charge in [0, 0.05) is 7.77 Å². The van der Waals surface area contributed by atoms with Gasteiger partial charge in [-0.3, -0.25) is 0 Å². The highest BCUT2D eigenvalue weighted by molar-refractivity contribution is 5.11. The molecule has 1 atom stereocenters. The molecule has 0 heterocycles. The van der Waals surface area contributed by atoms with Crippen LogP contribution < -0.4 is 0 Å². The number of rotatable bonds is 0. The molecule has 1 N–H and O–H groups in total. The number of aliphatic hydroxyl groups is 1. The van der Waals surface area contributed by atoms with E-state index in [2.05, 4.69) is 0 Å². The molecule has 0 saturated carbocycles. The third-order valence-corrected chi connectivity index (χ3v) is 0.866. The maximum atomic E-state index is 8.80. The Hall–Kier alpha value is -0.720. The lowest BCUT2D eigenvalue weighted by molar-refractivity contribution is 0.387. The Balaban J connectivity index is 2.66. The van der Waals surface area contributed by atoms with Gasteiger partial charge in [0.25, 0.3) is 0 Å². The lowest BCUT2D eigenvalue weighted by Gasteiger charge is -1.97. The van der Waals surface area contributed by atoms with E-state index in [4.69, 9.17) is 6.48 Å². The molecule has 0 amide bonds. The van der Waals surface area contributed by atoms with Crippen LogP contribution in [0.1, 0.15) is 14.2 Å². The molecule has 0 fully saturated rings. The van der Waals surface area contributed by atoms with Crippen LogP contribution in [0.25, 0.3) is 0 Å². The molecule has 0 spiro atoms.